The Balaban J connectivity index is 2.37. The van der Waals surface area contributed by atoms with Gasteiger partial charge in [-0.3, -0.25) is 0 Å². The Morgan fingerprint density at radius 3 is 2.57 bits per heavy atom. The van der Waals surface area contributed by atoms with E-state index in [0.717, 1.165) is 11.4 Å². The highest BCUT2D eigenvalue weighted by Gasteiger charge is 2.15. The van der Waals surface area contributed by atoms with Crippen LogP contribution < -0.4 is 21.1 Å². The summed E-state index contributed by atoms with van der Waals surface area (Å²) in [4.78, 5) is 11.5. The zero-order valence-electron chi connectivity index (χ0n) is 13.2. The van der Waals surface area contributed by atoms with Crippen molar-refractivity contribution in [2.45, 2.75) is 33.3 Å². The molecule has 0 spiro atoms. The van der Waals surface area contributed by atoms with Gasteiger partial charge >= 0.3 is 6.09 Å². The topological polar surface area (TPSA) is 85.6 Å². The molecule has 0 aliphatic rings. The maximum Gasteiger partial charge on any atom is 0.407 e. The summed E-state index contributed by atoms with van der Waals surface area (Å²) in [7, 11) is 0. The van der Waals surface area contributed by atoms with Crippen LogP contribution in [0.3, 0.4) is 0 Å². The van der Waals surface area contributed by atoms with E-state index >= 15 is 0 Å². The van der Waals surface area contributed by atoms with E-state index in [-0.39, 0.29) is 0 Å². The Kier molecular flexibility index (Phi) is 6.14. The molecule has 0 saturated carbocycles. The average Bonchev–Trinajstić information content (AvgIpc) is 2.32. The van der Waals surface area contributed by atoms with E-state index in [9.17, 15) is 4.79 Å². The SMILES string of the molecule is CCOc1cc(N)cc(NCCNC(=O)OC(C)(C)C)c1. The fourth-order valence-electron chi connectivity index (χ4n) is 1.66. The molecule has 0 unspecified atom stereocenters. The largest absolute Gasteiger partial charge is 0.494 e. The number of nitrogens with two attached hydrogens (primary N) is 1. The molecule has 0 bridgehead atoms. The Hall–Kier alpha value is -2.11. The molecule has 4 N–H and O–H groups in total. The fourth-order valence-corrected chi connectivity index (χ4v) is 1.66. The molecule has 6 heteroatoms. The molecule has 0 atom stereocenters. The van der Waals surface area contributed by atoms with E-state index in [4.69, 9.17) is 15.2 Å². The number of anilines is 2. The Labute approximate surface area is 126 Å². The predicted octanol–water partition coefficient (Wildman–Crippen LogP) is 2.60. The van der Waals surface area contributed by atoms with E-state index in [0.29, 0.717) is 25.4 Å². The van der Waals surface area contributed by atoms with Crippen LogP contribution >= 0.6 is 0 Å². The van der Waals surface area contributed by atoms with Crippen LogP contribution in [0.5, 0.6) is 5.75 Å². The van der Waals surface area contributed by atoms with Gasteiger partial charge in [0.05, 0.1) is 6.61 Å². The second-order valence-electron chi connectivity index (χ2n) is 5.58. The third kappa shape index (κ3) is 7.29. The molecule has 1 aromatic carbocycles. The molecule has 1 amide bonds. The van der Waals surface area contributed by atoms with Crippen LogP contribution in [0.4, 0.5) is 16.2 Å². The van der Waals surface area contributed by atoms with Gasteiger partial charge in [-0.15, -0.1) is 0 Å². The molecule has 0 heterocycles. The first-order chi connectivity index (χ1) is 9.80. The molecule has 0 fully saturated rings. The molecule has 21 heavy (non-hydrogen) atoms. The van der Waals surface area contributed by atoms with Crippen LogP contribution in [0.1, 0.15) is 27.7 Å². The maximum absolute atomic E-state index is 11.5. The number of amides is 1. The lowest BCUT2D eigenvalue weighted by Gasteiger charge is -2.19. The molecule has 0 radical (unpaired) electrons. The molecule has 0 aromatic heterocycles. The zero-order valence-corrected chi connectivity index (χ0v) is 13.2. The van der Waals surface area contributed by atoms with Gasteiger partial charge < -0.3 is 25.8 Å². The minimum Gasteiger partial charge on any atom is -0.494 e. The molecule has 1 rings (SSSR count). The van der Waals surface area contributed by atoms with Crippen molar-refractivity contribution in [1.29, 1.82) is 0 Å². The molecular formula is C15H25N3O3. The Morgan fingerprint density at radius 1 is 1.24 bits per heavy atom. The standard InChI is InChI=1S/C15H25N3O3/c1-5-20-13-9-11(16)8-12(10-13)17-6-7-18-14(19)21-15(2,3)4/h8-10,17H,5-7,16H2,1-4H3,(H,18,19). The molecule has 0 aliphatic heterocycles. The average molecular weight is 295 g/mol. The van der Waals surface area contributed by atoms with Crippen molar-refractivity contribution in [3.05, 3.63) is 18.2 Å². The van der Waals surface area contributed by atoms with Gasteiger partial charge in [-0.05, 0) is 33.8 Å². The van der Waals surface area contributed by atoms with Gasteiger partial charge in [0.15, 0.2) is 0 Å². The highest BCUT2D eigenvalue weighted by atomic mass is 16.6. The Bertz CT molecular complexity index is 470. The van der Waals surface area contributed by atoms with Crippen LogP contribution in [0, 0.1) is 0 Å². The number of benzene rings is 1. The van der Waals surface area contributed by atoms with Crippen LogP contribution in [-0.2, 0) is 4.74 Å². The lowest BCUT2D eigenvalue weighted by molar-refractivity contribution is 0.0530. The molecule has 0 aliphatic carbocycles. The smallest absolute Gasteiger partial charge is 0.407 e. The van der Waals surface area contributed by atoms with Gasteiger partial charge in [0, 0.05) is 36.6 Å². The minimum atomic E-state index is -0.488. The number of hydrogen-bond donors (Lipinski definition) is 3. The van der Waals surface area contributed by atoms with Crippen LogP contribution in [0.25, 0.3) is 0 Å². The van der Waals surface area contributed by atoms with E-state index in [1.54, 1.807) is 6.07 Å². The number of ether oxygens (including phenoxy) is 2. The van der Waals surface area contributed by atoms with Gasteiger partial charge in [-0.25, -0.2) is 4.79 Å². The number of hydrogen-bond acceptors (Lipinski definition) is 5. The van der Waals surface area contributed by atoms with Crippen LogP contribution in [0.15, 0.2) is 18.2 Å². The molecule has 1 aromatic rings. The summed E-state index contributed by atoms with van der Waals surface area (Å²) in [5, 5.41) is 5.85. The van der Waals surface area contributed by atoms with Crippen molar-refractivity contribution >= 4 is 17.5 Å². The third-order valence-corrected chi connectivity index (χ3v) is 2.36. The summed E-state index contributed by atoms with van der Waals surface area (Å²) in [6.07, 6.45) is -0.424. The summed E-state index contributed by atoms with van der Waals surface area (Å²) in [5.41, 5.74) is 6.79. The van der Waals surface area contributed by atoms with E-state index < -0.39 is 11.7 Å². The first-order valence-corrected chi connectivity index (χ1v) is 7.04. The van der Waals surface area contributed by atoms with Gasteiger partial charge in [0.25, 0.3) is 0 Å². The number of alkyl carbamates (subject to hydrolysis) is 1. The van der Waals surface area contributed by atoms with Gasteiger partial charge in [0.2, 0.25) is 0 Å². The van der Waals surface area contributed by atoms with Crippen molar-refractivity contribution < 1.29 is 14.3 Å². The second kappa shape index (κ2) is 7.61. The highest BCUT2D eigenvalue weighted by Crippen LogP contribution is 2.22. The quantitative estimate of drug-likeness (QED) is 0.555. The Morgan fingerprint density at radius 2 is 1.95 bits per heavy atom. The van der Waals surface area contributed by atoms with Crippen molar-refractivity contribution in [2.75, 3.05) is 30.7 Å². The summed E-state index contributed by atoms with van der Waals surface area (Å²) in [6, 6.07) is 5.46. The van der Waals surface area contributed by atoms with Crippen molar-refractivity contribution in [3.63, 3.8) is 0 Å². The predicted molar refractivity (Wildman–Crippen MR) is 84.7 cm³/mol. The molecule has 0 saturated heterocycles. The van der Waals surface area contributed by atoms with Gasteiger partial charge in [-0.2, -0.15) is 0 Å². The maximum atomic E-state index is 11.5. The minimum absolute atomic E-state index is 0.424. The van der Waals surface area contributed by atoms with Crippen molar-refractivity contribution in [3.8, 4) is 5.75 Å². The van der Waals surface area contributed by atoms with Crippen molar-refractivity contribution in [1.82, 2.24) is 5.32 Å². The third-order valence-electron chi connectivity index (χ3n) is 2.36. The van der Waals surface area contributed by atoms with E-state index in [2.05, 4.69) is 10.6 Å². The zero-order chi connectivity index (χ0) is 15.9. The molecule has 118 valence electrons. The van der Waals surface area contributed by atoms with Crippen LogP contribution in [0.2, 0.25) is 0 Å². The summed E-state index contributed by atoms with van der Waals surface area (Å²) >= 11 is 0. The summed E-state index contributed by atoms with van der Waals surface area (Å²) in [6.45, 7) is 9.00. The van der Waals surface area contributed by atoms with Crippen LogP contribution in [-0.4, -0.2) is 31.4 Å². The molecular weight excluding hydrogens is 270 g/mol. The number of nitrogen functional groups attached to an aromatic ring is 1. The van der Waals surface area contributed by atoms with Gasteiger partial charge in [0.1, 0.15) is 11.4 Å². The highest BCUT2D eigenvalue weighted by molar-refractivity contribution is 5.67. The molecule has 6 nitrogen and oxygen atoms in total. The van der Waals surface area contributed by atoms with Gasteiger partial charge in [-0.1, -0.05) is 0 Å². The summed E-state index contributed by atoms with van der Waals surface area (Å²) in [5.74, 6) is 0.722. The first-order valence-electron chi connectivity index (χ1n) is 7.04. The van der Waals surface area contributed by atoms with E-state index in [1.165, 1.54) is 0 Å². The normalized spacial score (nSPS) is 10.9. The second-order valence-corrected chi connectivity index (χ2v) is 5.58. The fraction of sp³-hybridized carbons (Fsp3) is 0.533. The van der Waals surface area contributed by atoms with E-state index in [1.807, 2.05) is 39.8 Å². The lowest BCUT2D eigenvalue weighted by atomic mass is 10.2. The van der Waals surface area contributed by atoms with Crippen molar-refractivity contribution in [2.24, 2.45) is 0 Å². The number of carbonyl (C=O) groups is 1. The number of nitrogens with one attached hydrogen (secondary N) is 2. The lowest BCUT2D eigenvalue weighted by Crippen LogP contribution is -2.35. The first kappa shape index (κ1) is 16.9. The summed E-state index contributed by atoms with van der Waals surface area (Å²) < 4.78 is 10.6. The number of carbonyl (C=O) groups excluding carboxylic acids is 1. The monoisotopic (exact) mass is 295 g/mol. The number of rotatable bonds is 6.